The molecule has 2 aromatic rings. The van der Waals surface area contributed by atoms with E-state index in [2.05, 4.69) is 6.92 Å². The normalized spacial score (nSPS) is 12.5. The van der Waals surface area contributed by atoms with Crippen molar-refractivity contribution < 1.29 is 48.8 Å². The van der Waals surface area contributed by atoms with Crippen LogP contribution in [-0.2, 0) is 10.8 Å². The highest BCUT2D eigenvalue weighted by Crippen LogP contribution is 2.36. The fourth-order valence-electron chi connectivity index (χ4n) is 3.34. The third kappa shape index (κ3) is 17.0. The Morgan fingerprint density at radius 3 is 1.67 bits per heavy atom. The summed E-state index contributed by atoms with van der Waals surface area (Å²) in [6.45, 7) is 4.69. The van der Waals surface area contributed by atoms with Gasteiger partial charge in [-0.1, -0.05) is 75.6 Å². The first-order chi connectivity index (χ1) is 20.1. The third-order valence-electron chi connectivity index (χ3n) is 5.42. The molecular formula is C28H34Cl2F8O3S2. The first-order valence-electron chi connectivity index (χ1n) is 13.5. The van der Waals surface area contributed by atoms with Crippen LogP contribution in [0.2, 0.25) is 10.0 Å². The molecule has 1 atom stereocenters. The van der Waals surface area contributed by atoms with Crippen LogP contribution in [0.15, 0.2) is 34.1 Å². The number of benzene rings is 2. The maximum atomic E-state index is 13.7. The minimum atomic E-state index is -4.59. The van der Waals surface area contributed by atoms with Crippen LogP contribution < -0.4 is 9.47 Å². The number of hydrogen-bond acceptors (Lipinski definition) is 4. The highest BCUT2D eigenvalue weighted by atomic mass is 35.5. The molecule has 0 aliphatic heterocycles. The molecule has 0 amide bonds. The largest absolute Gasteiger partial charge is 0.490 e. The van der Waals surface area contributed by atoms with E-state index in [1.807, 2.05) is 6.92 Å². The Morgan fingerprint density at radius 2 is 1.21 bits per heavy atom. The van der Waals surface area contributed by atoms with E-state index in [-0.39, 0.29) is 37.9 Å². The Morgan fingerprint density at radius 1 is 0.721 bits per heavy atom. The second-order valence-electron chi connectivity index (χ2n) is 9.25. The number of unbranched alkanes of at least 4 members (excludes halogenated alkanes) is 6. The highest BCUT2D eigenvalue weighted by Gasteiger charge is 2.32. The van der Waals surface area contributed by atoms with Crippen molar-refractivity contribution in [3.8, 4) is 11.5 Å². The summed E-state index contributed by atoms with van der Waals surface area (Å²) in [6.07, 6.45) is -1.32. The van der Waals surface area contributed by atoms with Gasteiger partial charge in [0.05, 0.1) is 44.7 Å². The second-order valence-corrected chi connectivity index (χ2v) is 12.5. The van der Waals surface area contributed by atoms with E-state index in [1.54, 1.807) is 0 Å². The lowest BCUT2D eigenvalue weighted by Gasteiger charge is -2.12. The molecule has 246 valence electrons. The van der Waals surface area contributed by atoms with Crippen LogP contribution in [0.4, 0.5) is 35.1 Å². The summed E-state index contributed by atoms with van der Waals surface area (Å²) in [5, 5.41) is -0.349. The molecule has 0 N–H and O–H groups in total. The molecule has 15 heteroatoms. The number of hydrogen-bond donors (Lipinski definition) is 0. The molecule has 43 heavy (non-hydrogen) atoms. The molecule has 0 saturated carbocycles. The summed E-state index contributed by atoms with van der Waals surface area (Å²) in [6, 6.07) is 4.03. The lowest BCUT2D eigenvalue weighted by molar-refractivity contribution is -0.106. The molecule has 0 aromatic heterocycles. The summed E-state index contributed by atoms with van der Waals surface area (Å²) in [4.78, 5) is -0.108. The Labute approximate surface area is 263 Å². The minimum Gasteiger partial charge on any atom is -0.490 e. The van der Waals surface area contributed by atoms with Crippen molar-refractivity contribution in [1.29, 1.82) is 0 Å². The van der Waals surface area contributed by atoms with Gasteiger partial charge >= 0.3 is 12.4 Å². The van der Waals surface area contributed by atoms with Gasteiger partial charge in [-0.3, -0.25) is 4.21 Å². The zero-order valence-electron chi connectivity index (χ0n) is 23.6. The van der Waals surface area contributed by atoms with Gasteiger partial charge in [0.25, 0.3) is 0 Å². The van der Waals surface area contributed by atoms with Crippen LogP contribution >= 0.6 is 35.0 Å². The Balaban J connectivity index is 0.000000430. The fraction of sp³-hybridized carbons (Fsp3) is 0.571. The quantitative estimate of drug-likeness (QED) is 0.0990. The summed E-state index contributed by atoms with van der Waals surface area (Å²) in [5.41, 5.74) is 0. The van der Waals surface area contributed by atoms with Crippen LogP contribution in [0.5, 0.6) is 11.5 Å². The van der Waals surface area contributed by atoms with Gasteiger partial charge in [-0.2, -0.15) is 26.3 Å². The van der Waals surface area contributed by atoms with Crippen LogP contribution in [0, 0.1) is 11.6 Å². The summed E-state index contributed by atoms with van der Waals surface area (Å²) in [7, 11) is -2.40. The van der Waals surface area contributed by atoms with E-state index in [1.165, 1.54) is 6.07 Å². The average Bonchev–Trinajstić information content (AvgIpc) is 2.88. The van der Waals surface area contributed by atoms with Crippen molar-refractivity contribution in [3.63, 3.8) is 0 Å². The molecule has 0 aliphatic rings. The van der Waals surface area contributed by atoms with Crippen molar-refractivity contribution in [2.24, 2.45) is 0 Å². The summed E-state index contributed by atoms with van der Waals surface area (Å²) >= 11 is 11.9. The van der Waals surface area contributed by atoms with Crippen molar-refractivity contribution in [2.45, 2.75) is 87.4 Å². The van der Waals surface area contributed by atoms with Gasteiger partial charge in [0, 0.05) is 11.0 Å². The molecule has 0 aliphatic carbocycles. The van der Waals surface area contributed by atoms with E-state index >= 15 is 0 Å². The molecule has 0 heterocycles. The molecule has 0 saturated heterocycles. The smallest absolute Gasteiger partial charge is 0.400 e. The number of alkyl halides is 6. The van der Waals surface area contributed by atoms with E-state index in [4.69, 9.17) is 32.7 Å². The van der Waals surface area contributed by atoms with E-state index in [0.29, 0.717) is 24.8 Å². The predicted octanol–water partition coefficient (Wildman–Crippen LogP) is 11.2. The first-order valence-corrected chi connectivity index (χ1v) is 16.5. The topological polar surface area (TPSA) is 35.5 Å². The minimum absolute atomic E-state index is 0.0416. The van der Waals surface area contributed by atoms with Crippen molar-refractivity contribution in [3.05, 3.63) is 45.9 Å². The zero-order chi connectivity index (χ0) is 32.6. The van der Waals surface area contributed by atoms with E-state index in [0.717, 1.165) is 63.1 Å². The SMILES string of the molecule is CCCCCCOc1cc(S(=O)CC(F)(F)F)c(Cl)cc1F.CCCCCCOc1cc(SCC(F)(F)F)c(Cl)cc1F. The molecule has 0 radical (unpaired) electrons. The molecule has 3 nitrogen and oxygen atoms in total. The molecule has 0 spiro atoms. The Bertz CT molecular complexity index is 1150. The molecule has 0 bridgehead atoms. The van der Waals surface area contributed by atoms with Gasteiger partial charge in [-0.25, -0.2) is 8.78 Å². The predicted molar refractivity (Wildman–Crippen MR) is 156 cm³/mol. The van der Waals surface area contributed by atoms with Crippen LogP contribution in [0.1, 0.15) is 65.2 Å². The van der Waals surface area contributed by atoms with Crippen molar-refractivity contribution in [1.82, 2.24) is 0 Å². The molecule has 2 aromatic carbocycles. The third-order valence-corrected chi connectivity index (χ3v) is 8.80. The molecule has 2 rings (SSSR count). The highest BCUT2D eigenvalue weighted by molar-refractivity contribution is 7.99. The summed E-state index contributed by atoms with van der Waals surface area (Å²) in [5.74, 6) is -4.34. The molecule has 1 unspecified atom stereocenters. The number of halogens is 10. The Kier molecular flexibility index (Phi) is 18.3. The van der Waals surface area contributed by atoms with E-state index in [9.17, 15) is 39.3 Å². The lowest BCUT2D eigenvalue weighted by Crippen LogP contribution is -2.18. The van der Waals surface area contributed by atoms with Gasteiger partial charge < -0.3 is 9.47 Å². The maximum Gasteiger partial charge on any atom is 0.400 e. The van der Waals surface area contributed by atoms with Crippen LogP contribution in [-0.4, -0.2) is 41.3 Å². The number of ether oxygens (including phenoxy) is 2. The monoisotopic (exact) mass is 704 g/mol. The van der Waals surface area contributed by atoms with Gasteiger partial charge in [-0.15, -0.1) is 11.8 Å². The van der Waals surface area contributed by atoms with Crippen LogP contribution in [0.3, 0.4) is 0 Å². The first kappa shape index (κ1) is 39.6. The average molecular weight is 706 g/mol. The van der Waals surface area contributed by atoms with Crippen LogP contribution in [0.25, 0.3) is 0 Å². The van der Waals surface area contributed by atoms with Gasteiger partial charge in [0.1, 0.15) is 5.75 Å². The fourth-order valence-corrected chi connectivity index (χ4v) is 5.73. The molecule has 0 fully saturated rings. The van der Waals surface area contributed by atoms with E-state index < -0.39 is 46.3 Å². The van der Waals surface area contributed by atoms with Gasteiger partial charge in [0.15, 0.2) is 23.1 Å². The van der Waals surface area contributed by atoms with Crippen molar-refractivity contribution in [2.75, 3.05) is 24.7 Å². The Hall–Kier alpha value is -1.44. The standard InChI is InChI=1S/C14H17ClF4O2S.C14H17ClF4OS/c1-2-3-4-5-6-21-12-8-13(10(15)7-11(12)16)22(20)9-14(17,18)19;1-2-3-4-5-6-20-12-8-13(10(15)7-11(12)16)21-9-14(17,18)19/h7-8H,2-6,9H2,1H3;7-8H,2-6,9H2,1H3. The van der Waals surface area contributed by atoms with Gasteiger partial charge in [0.2, 0.25) is 0 Å². The van der Waals surface area contributed by atoms with Crippen molar-refractivity contribution >= 4 is 45.8 Å². The lowest BCUT2D eigenvalue weighted by atomic mass is 10.2. The summed E-state index contributed by atoms with van der Waals surface area (Å²) < 4.78 is 123. The maximum absolute atomic E-state index is 13.7. The molecular weight excluding hydrogens is 671 g/mol. The number of rotatable bonds is 16. The van der Waals surface area contributed by atoms with Gasteiger partial charge in [-0.05, 0) is 31.0 Å². The second kappa shape index (κ2) is 19.8. The zero-order valence-corrected chi connectivity index (χ0v) is 26.8. The number of thioether (sulfide) groups is 1.